The van der Waals surface area contributed by atoms with Crippen LogP contribution in [0.25, 0.3) is 0 Å². The van der Waals surface area contributed by atoms with Gasteiger partial charge >= 0.3 is 0 Å². The molecule has 0 aliphatic heterocycles. The molecule has 0 fully saturated rings. The molecular formula is C10H8BrFO2. The lowest BCUT2D eigenvalue weighted by atomic mass is 10.3. The predicted molar refractivity (Wildman–Crippen MR) is 54.6 cm³/mol. The molecule has 0 radical (unpaired) electrons. The van der Waals surface area contributed by atoms with Crippen LogP contribution in [0.15, 0.2) is 24.3 Å². The Morgan fingerprint density at radius 1 is 1.43 bits per heavy atom. The van der Waals surface area contributed by atoms with Crippen LogP contribution in [0.3, 0.4) is 0 Å². The van der Waals surface area contributed by atoms with Crippen LogP contribution in [-0.4, -0.2) is 16.2 Å². The monoisotopic (exact) mass is 258 g/mol. The van der Waals surface area contributed by atoms with E-state index in [4.69, 9.17) is 16.3 Å². The number of terminal acetylenes is 1. The van der Waals surface area contributed by atoms with E-state index in [0.717, 1.165) is 0 Å². The molecule has 0 spiro atoms. The lowest BCUT2D eigenvalue weighted by Crippen LogP contribution is -2.24. The maximum atomic E-state index is 12.5. The molecule has 1 N–H and O–H groups in total. The Labute approximate surface area is 89.8 Å². The minimum atomic E-state index is -1.04. The van der Waals surface area contributed by atoms with Crippen molar-refractivity contribution < 1.29 is 14.2 Å². The number of aliphatic hydroxyl groups is 1. The number of benzene rings is 1. The van der Waals surface area contributed by atoms with E-state index < -0.39 is 11.1 Å². The minimum absolute atomic E-state index is 0.346. The predicted octanol–water partition coefficient (Wildman–Crippen LogP) is 1.92. The quantitative estimate of drug-likeness (QED) is 0.663. The second-order valence-electron chi connectivity index (χ2n) is 2.53. The van der Waals surface area contributed by atoms with Crippen molar-refractivity contribution in [3.8, 4) is 18.1 Å². The van der Waals surface area contributed by atoms with E-state index in [-0.39, 0.29) is 5.82 Å². The van der Waals surface area contributed by atoms with Crippen molar-refractivity contribution in [1.29, 1.82) is 0 Å². The Balaban J connectivity index is 2.61. The lowest BCUT2D eigenvalue weighted by Gasteiger charge is -2.14. The first kappa shape index (κ1) is 11.0. The lowest BCUT2D eigenvalue weighted by molar-refractivity contribution is 0.133. The first-order chi connectivity index (χ1) is 6.63. The number of halogens is 2. The van der Waals surface area contributed by atoms with Gasteiger partial charge < -0.3 is 9.84 Å². The summed E-state index contributed by atoms with van der Waals surface area (Å²) in [5.74, 6) is 2.19. The largest absolute Gasteiger partial charge is 0.475 e. The standard InChI is InChI=1S/C10H8BrFO2/c1-2-9(13)10(11)14-8-5-3-7(12)4-6-8/h1,3-6,9-10,13H. The Morgan fingerprint density at radius 2 is 2.00 bits per heavy atom. The number of hydrogen-bond donors (Lipinski definition) is 1. The fourth-order valence-electron chi connectivity index (χ4n) is 0.783. The van der Waals surface area contributed by atoms with Crippen LogP contribution in [0.1, 0.15) is 0 Å². The van der Waals surface area contributed by atoms with Crippen LogP contribution >= 0.6 is 15.9 Å². The molecule has 1 aromatic carbocycles. The zero-order valence-corrected chi connectivity index (χ0v) is 8.74. The van der Waals surface area contributed by atoms with E-state index in [1.165, 1.54) is 24.3 Å². The first-order valence-corrected chi connectivity index (χ1v) is 4.75. The Kier molecular flexibility index (Phi) is 3.93. The summed E-state index contributed by atoms with van der Waals surface area (Å²) < 4.78 is 17.7. The molecule has 0 aliphatic carbocycles. The number of ether oxygens (including phenoxy) is 1. The SMILES string of the molecule is C#CC(O)C(Br)Oc1ccc(F)cc1. The van der Waals surface area contributed by atoms with Crippen molar-refractivity contribution in [1.82, 2.24) is 0 Å². The third-order valence-corrected chi connectivity index (χ3v) is 2.17. The highest BCUT2D eigenvalue weighted by molar-refractivity contribution is 9.09. The number of rotatable bonds is 3. The van der Waals surface area contributed by atoms with Crippen LogP contribution in [0, 0.1) is 18.2 Å². The third kappa shape index (κ3) is 3.02. The summed E-state index contributed by atoms with van der Waals surface area (Å²) in [6.45, 7) is 0. The number of hydrogen-bond acceptors (Lipinski definition) is 2. The smallest absolute Gasteiger partial charge is 0.190 e. The van der Waals surface area contributed by atoms with E-state index in [2.05, 4.69) is 21.9 Å². The summed E-state index contributed by atoms with van der Waals surface area (Å²) in [7, 11) is 0. The Hall–Kier alpha value is -1.05. The zero-order chi connectivity index (χ0) is 10.6. The first-order valence-electron chi connectivity index (χ1n) is 3.84. The molecule has 4 heteroatoms. The molecule has 1 aromatic rings. The maximum absolute atomic E-state index is 12.5. The second kappa shape index (κ2) is 4.99. The van der Waals surface area contributed by atoms with Gasteiger partial charge in [0.05, 0.1) is 0 Å². The van der Waals surface area contributed by atoms with Crippen molar-refractivity contribution in [2.24, 2.45) is 0 Å². The molecule has 0 aliphatic rings. The second-order valence-corrected chi connectivity index (χ2v) is 3.44. The van der Waals surface area contributed by atoms with Gasteiger partial charge in [-0.05, 0) is 40.2 Å². The van der Waals surface area contributed by atoms with E-state index >= 15 is 0 Å². The van der Waals surface area contributed by atoms with Gasteiger partial charge in [-0.25, -0.2) is 4.39 Å². The third-order valence-electron chi connectivity index (χ3n) is 1.48. The highest BCUT2D eigenvalue weighted by atomic mass is 79.9. The van der Waals surface area contributed by atoms with Crippen LogP contribution in [0.4, 0.5) is 4.39 Å². The molecule has 2 unspecified atom stereocenters. The van der Waals surface area contributed by atoms with E-state index in [0.29, 0.717) is 5.75 Å². The highest BCUT2D eigenvalue weighted by Crippen LogP contribution is 2.17. The van der Waals surface area contributed by atoms with E-state index in [1.54, 1.807) is 0 Å². The average molecular weight is 259 g/mol. The summed E-state index contributed by atoms with van der Waals surface area (Å²) in [6.07, 6.45) is 3.94. The van der Waals surface area contributed by atoms with Crippen molar-refractivity contribution in [2.75, 3.05) is 0 Å². The van der Waals surface area contributed by atoms with Gasteiger partial charge in [0.2, 0.25) is 0 Å². The number of alkyl halides is 1. The van der Waals surface area contributed by atoms with Gasteiger partial charge in [0.1, 0.15) is 11.6 Å². The van der Waals surface area contributed by atoms with Gasteiger partial charge in [-0.1, -0.05) is 5.92 Å². The molecule has 74 valence electrons. The summed E-state index contributed by atoms with van der Waals surface area (Å²) in [5, 5.41) is 8.46. The molecule has 1 rings (SSSR count). The molecule has 0 amide bonds. The molecule has 0 saturated heterocycles. The van der Waals surface area contributed by atoms with Crippen LogP contribution in [0.5, 0.6) is 5.75 Å². The van der Waals surface area contributed by atoms with Gasteiger partial charge in [-0.15, -0.1) is 6.42 Å². The van der Waals surface area contributed by atoms with Crippen LogP contribution in [0.2, 0.25) is 0 Å². The molecule has 0 bridgehead atoms. The molecule has 0 aromatic heterocycles. The van der Waals surface area contributed by atoms with Crippen molar-refractivity contribution in [3.05, 3.63) is 30.1 Å². The van der Waals surface area contributed by atoms with Crippen LogP contribution < -0.4 is 4.74 Å². The molecule has 0 saturated carbocycles. The Morgan fingerprint density at radius 3 is 2.50 bits per heavy atom. The molecule has 14 heavy (non-hydrogen) atoms. The average Bonchev–Trinajstić information content (AvgIpc) is 2.20. The zero-order valence-electron chi connectivity index (χ0n) is 7.15. The summed E-state index contributed by atoms with van der Waals surface area (Å²) >= 11 is 3.05. The van der Waals surface area contributed by atoms with E-state index in [1.807, 2.05) is 0 Å². The molecule has 0 heterocycles. The van der Waals surface area contributed by atoms with Crippen molar-refractivity contribution in [2.45, 2.75) is 11.1 Å². The fraction of sp³-hybridized carbons (Fsp3) is 0.200. The van der Waals surface area contributed by atoms with Gasteiger partial charge in [0.15, 0.2) is 11.1 Å². The van der Waals surface area contributed by atoms with Gasteiger partial charge in [0.25, 0.3) is 0 Å². The Bertz CT molecular complexity index is 331. The topological polar surface area (TPSA) is 29.5 Å². The molecule has 2 atom stereocenters. The minimum Gasteiger partial charge on any atom is -0.475 e. The normalized spacial score (nSPS) is 14.1. The van der Waals surface area contributed by atoms with Gasteiger partial charge in [-0.3, -0.25) is 0 Å². The summed E-state index contributed by atoms with van der Waals surface area (Å²) in [5.41, 5.74) is 0. The highest BCUT2D eigenvalue weighted by Gasteiger charge is 2.14. The van der Waals surface area contributed by atoms with Crippen molar-refractivity contribution >= 4 is 15.9 Å². The van der Waals surface area contributed by atoms with Gasteiger partial charge in [0, 0.05) is 0 Å². The summed E-state index contributed by atoms with van der Waals surface area (Å²) in [6, 6.07) is 5.42. The number of aliphatic hydroxyl groups excluding tert-OH is 1. The molecule has 2 nitrogen and oxygen atoms in total. The van der Waals surface area contributed by atoms with Crippen LogP contribution in [-0.2, 0) is 0 Å². The van der Waals surface area contributed by atoms with Crippen molar-refractivity contribution in [3.63, 3.8) is 0 Å². The fourth-order valence-corrected chi connectivity index (χ4v) is 1.15. The van der Waals surface area contributed by atoms with Gasteiger partial charge in [-0.2, -0.15) is 0 Å². The summed E-state index contributed by atoms with van der Waals surface area (Å²) in [4.78, 5) is 0. The van der Waals surface area contributed by atoms with E-state index in [9.17, 15) is 4.39 Å². The maximum Gasteiger partial charge on any atom is 0.190 e. The molecular weight excluding hydrogens is 251 g/mol.